The monoisotopic (exact) mass is 1260 g/mol. The van der Waals surface area contributed by atoms with Crippen LogP contribution in [0.4, 0.5) is 0 Å². The molecule has 0 aliphatic heterocycles. The molecule has 0 aliphatic rings. The number of nitrogens with zero attached hydrogens (tertiary/aromatic N) is 1. The summed E-state index contributed by atoms with van der Waals surface area (Å²) in [6.45, 7) is 4.29. The van der Waals surface area contributed by atoms with Crippen LogP contribution in [0.3, 0.4) is 0 Å². The van der Waals surface area contributed by atoms with E-state index >= 15 is 0 Å². The largest absolute Gasteiger partial charge is 0.756 e. The Morgan fingerprint density at radius 2 is 0.614 bits per heavy atom. The van der Waals surface area contributed by atoms with Gasteiger partial charge in [0.15, 0.2) is 6.10 Å². The summed E-state index contributed by atoms with van der Waals surface area (Å²) >= 11 is 0. The smallest absolute Gasteiger partial charge is 0.306 e. The molecule has 0 radical (unpaired) electrons. The van der Waals surface area contributed by atoms with Gasteiger partial charge in [-0.05, 0) is 77.0 Å². The van der Waals surface area contributed by atoms with Crippen LogP contribution in [0, 0.1) is 0 Å². The second kappa shape index (κ2) is 69.3. The summed E-state index contributed by atoms with van der Waals surface area (Å²) in [6, 6.07) is 0. The van der Waals surface area contributed by atoms with Crippen LogP contribution < -0.4 is 4.89 Å². The summed E-state index contributed by atoms with van der Waals surface area (Å²) in [7, 11) is 1.18. The van der Waals surface area contributed by atoms with Gasteiger partial charge in [-0.1, -0.05) is 345 Å². The van der Waals surface area contributed by atoms with E-state index in [2.05, 4.69) is 62.5 Å². The highest BCUT2D eigenvalue weighted by atomic mass is 31.2. The maximum absolute atomic E-state index is 12.9. The van der Waals surface area contributed by atoms with Crippen LogP contribution in [0.25, 0.3) is 0 Å². The van der Waals surface area contributed by atoms with E-state index in [1.54, 1.807) is 0 Å². The van der Waals surface area contributed by atoms with E-state index in [9.17, 15) is 19.0 Å². The van der Waals surface area contributed by atoms with Gasteiger partial charge in [-0.3, -0.25) is 14.2 Å². The summed E-state index contributed by atoms with van der Waals surface area (Å²) in [5, 5.41) is 0. The Labute approximate surface area is 547 Å². The number of ether oxygens (including phenoxy) is 2. The van der Waals surface area contributed by atoms with Crippen LogP contribution >= 0.6 is 7.82 Å². The second-order valence-corrected chi connectivity index (χ2v) is 28.8. The van der Waals surface area contributed by atoms with Gasteiger partial charge in [0, 0.05) is 12.8 Å². The summed E-state index contributed by atoms with van der Waals surface area (Å²) in [5.74, 6) is -0.814. The topological polar surface area (TPSA) is 111 Å². The first-order valence-corrected chi connectivity index (χ1v) is 39.8. The van der Waals surface area contributed by atoms with Crippen LogP contribution in [0.1, 0.15) is 386 Å². The Hall–Kier alpha value is -2.03. The molecule has 0 saturated carbocycles. The maximum atomic E-state index is 12.9. The van der Waals surface area contributed by atoms with E-state index in [0.29, 0.717) is 17.4 Å². The minimum absolute atomic E-state index is 0.0292. The molecule has 0 spiro atoms. The third kappa shape index (κ3) is 73.0. The van der Waals surface area contributed by atoms with E-state index in [1.807, 2.05) is 21.1 Å². The molecule has 9 nitrogen and oxygen atoms in total. The van der Waals surface area contributed by atoms with Gasteiger partial charge in [0.25, 0.3) is 7.82 Å². The number of phosphoric ester groups is 1. The fourth-order valence-corrected chi connectivity index (χ4v) is 12.2. The Bertz CT molecular complexity index is 1620. The molecule has 0 aromatic rings. The number of rotatable bonds is 72. The van der Waals surface area contributed by atoms with Crippen LogP contribution in [0.2, 0.25) is 0 Å². The lowest BCUT2D eigenvalue weighted by molar-refractivity contribution is -0.870. The number of hydrogen-bond donors (Lipinski definition) is 0. The van der Waals surface area contributed by atoms with E-state index < -0.39 is 26.5 Å². The average Bonchev–Trinajstić information content (AvgIpc) is 3.68. The number of hydrogen-bond acceptors (Lipinski definition) is 8. The Balaban J connectivity index is 3.95. The lowest BCUT2D eigenvalue weighted by Crippen LogP contribution is -2.37. The quantitative estimate of drug-likeness (QED) is 0.0195. The maximum Gasteiger partial charge on any atom is 0.306 e. The number of esters is 2. The summed E-state index contributed by atoms with van der Waals surface area (Å²) in [6.07, 6.45) is 90.8. The highest BCUT2D eigenvalue weighted by molar-refractivity contribution is 7.45. The van der Waals surface area contributed by atoms with Crippen LogP contribution in [-0.4, -0.2) is 70.0 Å². The molecule has 0 heterocycles. The zero-order valence-electron chi connectivity index (χ0n) is 59.2. The van der Waals surface area contributed by atoms with Crippen molar-refractivity contribution in [1.82, 2.24) is 0 Å². The molecular formula is C78H148NO8P. The third-order valence-electron chi connectivity index (χ3n) is 17.3. The number of allylic oxidation sites excluding steroid dienone is 8. The highest BCUT2D eigenvalue weighted by Crippen LogP contribution is 2.38. The van der Waals surface area contributed by atoms with Crippen molar-refractivity contribution < 1.29 is 42.1 Å². The van der Waals surface area contributed by atoms with Gasteiger partial charge in [-0.25, -0.2) is 0 Å². The fraction of sp³-hybridized carbons (Fsp3) is 0.872. The molecular weight excluding hydrogens is 1110 g/mol. The first-order valence-electron chi connectivity index (χ1n) is 38.3. The van der Waals surface area contributed by atoms with Crippen LogP contribution in [0.15, 0.2) is 48.6 Å². The summed E-state index contributed by atoms with van der Waals surface area (Å²) in [5.41, 5.74) is 0. The molecule has 88 heavy (non-hydrogen) atoms. The van der Waals surface area contributed by atoms with Gasteiger partial charge in [-0.2, -0.15) is 0 Å². The molecule has 10 heteroatoms. The molecule has 0 aliphatic carbocycles. The van der Waals surface area contributed by atoms with Gasteiger partial charge < -0.3 is 27.9 Å². The van der Waals surface area contributed by atoms with Crippen molar-refractivity contribution in [3.8, 4) is 0 Å². The first kappa shape index (κ1) is 86.0. The van der Waals surface area contributed by atoms with Crippen molar-refractivity contribution >= 4 is 19.8 Å². The number of unbranched alkanes of at least 4 members (excludes halogenated alkanes) is 50. The van der Waals surface area contributed by atoms with Gasteiger partial charge in [0.05, 0.1) is 27.7 Å². The van der Waals surface area contributed by atoms with Crippen molar-refractivity contribution in [3.05, 3.63) is 48.6 Å². The first-order chi connectivity index (χ1) is 43.0. The Morgan fingerprint density at radius 3 is 0.920 bits per heavy atom. The van der Waals surface area contributed by atoms with Gasteiger partial charge in [-0.15, -0.1) is 0 Å². The van der Waals surface area contributed by atoms with E-state index in [1.165, 1.54) is 302 Å². The number of likely N-dealkylation sites (N-methyl/N-ethyl adjacent to an activating group) is 1. The molecule has 0 fully saturated rings. The zero-order chi connectivity index (χ0) is 64.1. The van der Waals surface area contributed by atoms with Crippen molar-refractivity contribution in [3.63, 3.8) is 0 Å². The van der Waals surface area contributed by atoms with Crippen molar-refractivity contribution in [2.45, 2.75) is 392 Å². The zero-order valence-corrected chi connectivity index (χ0v) is 60.1. The summed E-state index contributed by atoms with van der Waals surface area (Å²) < 4.78 is 34.4. The molecule has 0 aromatic heterocycles. The SMILES string of the molecule is CCCCCCC/C=C\C/C=C\C/C=C\CCCCCCCCCCCCCCCCC(=O)OC(COC(=O)CCCCCCCCCCCCCCCCCCCCCCCCC/C=C\CCCCCCCCCC)COP(=O)([O-])OCC[N+](C)(C)C. The lowest BCUT2D eigenvalue weighted by atomic mass is 10.0. The van der Waals surface area contributed by atoms with Gasteiger partial charge >= 0.3 is 11.9 Å². The lowest BCUT2D eigenvalue weighted by Gasteiger charge is -2.28. The molecule has 0 saturated heterocycles. The molecule has 0 rings (SSSR count). The number of quaternary nitrogens is 1. The van der Waals surface area contributed by atoms with Gasteiger partial charge in [0.2, 0.25) is 0 Å². The van der Waals surface area contributed by atoms with Crippen LogP contribution in [-0.2, 0) is 32.7 Å². The number of phosphoric acid groups is 1. The summed E-state index contributed by atoms with van der Waals surface area (Å²) in [4.78, 5) is 38.1. The Morgan fingerprint density at radius 1 is 0.352 bits per heavy atom. The molecule has 0 bridgehead atoms. The number of carbonyl (C=O) groups is 2. The molecule has 518 valence electrons. The molecule has 0 amide bonds. The van der Waals surface area contributed by atoms with E-state index in [4.69, 9.17) is 18.5 Å². The minimum Gasteiger partial charge on any atom is -0.756 e. The molecule has 2 atom stereocenters. The average molecular weight is 1260 g/mol. The van der Waals surface area contributed by atoms with Crippen molar-refractivity contribution in [2.75, 3.05) is 47.5 Å². The van der Waals surface area contributed by atoms with E-state index in [0.717, 1.165) is 51.4 Å². The van der Waals surface area contributed by atoms with Gasteiger partial charge in [0.1, 0.15) is 19.8 Å². The number of carbonyl (C=O) groups excluding carboxylic acids is 2. The predicted molar refractivity (Wildman–Crippen MR) is 379 cm³/mol. The molecule has 0 N–H and O–H groups in total. The van der Waals surface area contributed by atoms with Crippen molar-refractivity contribution in [1.29, 1.82) is 0 Å². The van der Waals surface area contributed by atoms with E-state index in [-0.39, 0.29) is 32.0 Å². The normalized spacial score (nSPS) is 13.3. The Kier molecular flexibility index (Phi) is 67.7. The second-order valence-electron chi connectivity index (χ2n) is 27.4. The molecule has 2 unspecified atom stereocenters. The van der Waals surface area contributed by atoms with Crippen LogP contribution in [0.5, 0.6) is 0 Å². The standard InChI is InChI=1S/C78H148NO8P/c1-6-8-10-12-14-16-18-20-22-24-26-28-30-32-34-36-37-38-39-40-41-43-44-46-48-50-52-54-56-58-60-62-64-66-68-70-77(80)84-74-76(75-86-88(82,83)85-73-72-79(3,4)5)87-78(81)71-69-67-65-63-61-59-57-55-53-51-49-47-45-42-35-33-31-29-27-25-23-21-19-17-15-13-11-9-7-2/h19,21,24-27,31,33,76H,6-18,20,22-23,28-30,32,34-75H2,1-5H3/b21-19-,26-24-,27-25-,33-31-. The fourth-order valence-electron chi connectivity index (χ4n) is 11.4. The minimum atomic E-state index is -4.64. The predicted octanol–water partition coefficient (Wildman–Crippen LogP) is 24.5. The third-order valence-corrected chi connectivity index (χ3v) is 18.3. The van der Waals surface area contributed by atoms with Crippen molar-refractivity contribution in [2.24, 2.45) is 0 Å². The highest BCUT2D eigenvalue weighted by Gasteiger charge is 2.22. The molecule has 0 aromatic carbocycles.